The summed E-state index contributed by atoms with van der Waals surface area (Å²) in [6, 6.07) is 9.04. The number of anilines is 1. The van der Waals surface area contributed by atoms with E-state index in [1.807, 2.05) is 24.3 Å². The van der Waals surface area contributed by atoms with Crippen LogP contribution in [-0.2, 0) is 25.6 Å². The van der Waals surface area contributed by atoms with Gasteiger partial charge in [-0.2, -0.15) is 13.1 Å². The van der Waals surface area contributed by atoms with E-state index in [-0.39, 0.29) is 36.3 Å². The van der Waals surface area contributed by atoms with Gasteiger partial charge in [-0.25, -0.2) is 9.97 Å². The monoisotopic (exact) mass is 564 g/mol. The lowest BCUT2D eigenvalue weighted by Crippen LogP contribution is -2.31. The van der Waals surface area contributed by atoms with E-state index in [9.17, 15) is 18.3 Å². The molecule has 4 atom stereocenters. The van der Waals surface area contributed by atoms with E-state index in [0.29, 0.717) is 22.3 Å². The Morgan fingerprint density at radius 3 is 2.92 bits per heavy atom. The molecule has 13 heteroatoms. The van der Waals surface area contributed by atoms with Crippen LogP contribution in [0.4, 0.5) is 5.82 Å². The van der Waals surface area contributed by atoms with E-state index < -0.39 is 22.5 Å². The first-order chi connectivity index (χ1) is 17.8. The molecule has 0 bridgehead atoms. The number of carbonyl (C=O) groups is 1. The van der Waals surface area contributed by atoms with E-state index in [0.717, 1.165) is 22.4 Å². The van der Waals surface area contributed by atoms with E-state index >= 15 is 0 Å². The molecule has 0 unspecified atom stereocenters. The van der Waals surface area contributed by atoms with Crippen molar-refractivity contribution in [3.8, 4) is 0 Å². The Bertz CT molecular complexity index is 1420. The minimum atomic E-state index is -3.95. The van der Waals surface area contributed by atoms with Gasteiger partial charge in [-0.15, -0.1) is 11.3 Å². The summed E-state index contributed by atoms with van der Waals surface area (Å²) in [6.45, 7) is 0.538. The number of benzene rings is 1. The van der Waals surface area contributed by atoms with Crippen molar-refractivity contribution in [1.82, 2.24) is 14.7 Å². The van der Waals surface area contributed by atoms with Crippen molar-refractivity contribution in [3.05, 3.63) is 74.3 Å². The van der Waals surface area contributed by atoms with Crippen molar-refractivity contribution in [2.24, 2.45) is 0 Å². The van der Waals surface area contributed by atoms with Gasteiger partial charge in [-0.05, 0) is 48.6 Å². The van der Waals surface area contributed by atoms with Crippen LogP contribution in [0, 0.1) is 0 Å². The number of thiophene rings is 1. The Morgan fingerprint density at radius 2 is 2.11 bits per heavy atom. The van der Waals surface area contributed by atoms with Crippen LogP contribution in [0.3, 0.4) is 0 Å². The molecule has 0 amide bonds. The molecule has 10 nitrogen and oxygen atoms in total. The average Bonchev–Trinajstić information content (AvgIpc) is 3.50. The van der Waals surface area contributed by atoms with Gasteiger partial charge in [0.05, 0.1) is 23.2 Å². The van der Waals surface area contributed by atoms with Crippen molar-refractivity contribution >= 4 is 44.8 Å². The number of nitrogens with one attached hydrogen (secondary N) is 2. The smallest absolute Gasteiger partial charge is 0.335 e. The molecule has 5 rings (SSSR count). The molecule has 37 heavy (non-hydrogen) atoms. The van der Waals surface area contributed by atoms with Crippen LogP contribution >= 0.6 is 22.9 Å². The zero-order valence-electron chi connectivity index (χ0n) is 19.8. The summed E-state index contributed by atoms with van der Waals surface area (Å²) < 4.78 is 36.6. The molecular formula is C24H25ClN4O6S2. The summed E-state index contributed by atoms with van der Waals surface area (Å²) in [6.07, 6.45) is 1.73. The molecule has 3 heterocycles. The number of aromatic nitrogens is 2. The predicted octanol–water partition coefficient (Wildman–Crippen LogP) is 2.87. The molecule has 1 aromatic carbocycles. The average molecular weight is 565 g/mol. The standard InChI is InChI=1S/C24H25ClN4O6S2/c1-26-37(32,33)35-19-10-13(9-18(19)30)29-24-16(11-27-12-28-24)22(31)20-5-6-21(36-20)23-15-3-2-4-17(25)14(15)7-8-34-23/h2-6,11-13,18-19,23,26,30H,7-10H2,1H3,(H,27,28,29)/t13-,18+,19-,23+/m1/s1. The summed E-state index contributed by atoms with van der Waals surface area (Å²) in [4.78, 5) is 23.1. The van der Waals surface area contributed by atoms with Gasteiger partial charge in [-0.1, -0.05) is 23.7 Å². The molecule has 2 aromatic heterocycles. The van der Waals surface area contributed by atoms with E-state index in [2.05, 4.69) is 20.0 Å². The van der Waals surface area contributed by atoms with Gasteiger partial charge < -0.3 is 15.2 Å². The first-order valence-corrected chi connectivity index (χ1v) is 14.3. The summed E-state index contributed by atoms with van der Waals surface area (Å²) in [5.74, 6) is 0.0425. The van der Waals surface area contributed by atoms with Crippen molar-refractivity contribution in [1.29, 1.82) is 0 Å². The van der Waals surface area contributed by atoms with Gasteiger partial charge >= 0.3 is 10.3 Å². The molecule has 0 saturated heterocycles. The second kappa shape index (κ2) is 10.7. The minimum Gasteiger partial charge on any atom is -0.390 e. The summed E-state index contributed by atoms with van der Waals surface area (Å²) in [5, 5.41) is 14.2. The van der Waals surface area contributed by atoms with Crippen molar-refractivity contribution < 1.29 is 27.2 Å². The molecule has 3 aromatic rings. The highest BCUT2D eigenvalue weighted by atomic mass is 35.5. The molecule has 0 radical (unpaired) electrons. The van der Waals surface area contributed by atoms with E-state index in [4.69, 9.17) is 20.5 Å². The number of hydrogen-bond acceptors (Lipinski definition) is 10. The highest BCUT2D eigenvalue weighted by Gasteiger charge is 2.37. The van der Waals surface area contributed by atoms with E-state index in [1.54, 1.807) is 6.07 Å². The number of aliphatic hydroxyl groups excluding tert-OH is 1. The van der Waals surface area contributed by atoms with Crippen LogP contribution in [-0.4, -0.2) is 61.2 Å². The molecule has 196 valence electrons. The number of ether oxygens (including phenoxy) is 1. The quantitative estimate of drug-likeness (QED) is 0.352. The Morgan fingerprint density at radius 1 is 1.27 bits per heavy atom. The number of carbonyl (C=O) groups excluding carboxylic acids is 1. The van der Waals surface area contributed by atoms with Gasteiger partial charge in [0.15, 0.2) is 0 Å². The topological polar surface area (TPSA) is 140 Å². The molecule has 2 aliphatic rings. The normalized spacial score (nSPS) is 23.5. The fraction of sp³-hybridized carbons (Fsp3) is 0.375. The highest BCUT2D eigenvalue weighted by molar-refractivity contribution is 7.84. The van der Waals surface area contributed by atoms with Gasteiger partial charge in [0.2, 0.25) is 5.78 Å². The Hall–Kier alpha value is -2.45. The lowest BCUT2D eigenvalue weighted by atomic mass is 9.96. The first kappa shape index (κ1) is 26.2. The Kier molecular flexibility index (Phi) is 7.59. The first-order valence-electron chi connectivity index (χ1n) is 11.7. The highest BCUT2D eigenvalue weighted by Crippen LogP contribution is 2.39. The summed E-state index contributed by atoms with van der Waals surface area (Å²) in [7, 11) is -2.72. The Balaban J connectivity index is 1.33. The summed E-state index contributed by atoms with van der Waals surface area (Å²) in [5.41, 5.74) is 2.33. The molecule has 1 fully saturated rings. The number of nitrogens with zero attached hydrogens (tertiary/aromatic N) is 2. The lowest BCUT2D eigenvalue weighted by molar-refractivity contribution is 0.0636. The van der Waals surface area contributed by atoms with Crippen LogP contribution in [0.25, 0.3) is 0 Å². The maximum absolute atomic E-state index is 13.5. The van der Waals surface area contributed by atoms with Gasteiger partial charge in [-0.3, -0.25) is 8.98 Å². The third kappa shape index (κ3) is 5.55. The molecule has 1 saturated carbocycles. The fourth-order valence-corrected chi connectivity index (χ4v) is 6.59. The largest absolute Gasteiger partial charge is 0.390 e. The van der Waals surface area contributed by atoms with Crippen molar-refractivity contribution in [2.75, 3.05) is 19.0 Å². The third-order valence-corrected chi connectivity index (χ3v) is 8.94. The van der Waals surface area contributed by atoms with Crippen LogP contribution in [0.15, 0.2) is 42.9 Å². The van der Waals surface area contributed by atoms with Crippen LogP contribution < -0.4 is 10.0 Å². The van der Waals surface area contributed by atoms with Crippen LogP contribution in [0.5, 0.6) is 0 Å². The molecule has 1 aliphatic carbocycles. The van der Waals surface area contributed by atoms with Crippen LogP contribution in [0.2, 0.25) is 5.02 Å². The Labute approximate surface area is 223 Å². The van der Waals surface area contributed by atoms with Gasteiger partial charge in [0.1, 0.15) is 24.4 Å². The number of aliphatic hydroxyl groups is 1. The van der Waals surface area contributed by atoms with Crippen molar-refractivity contribution in [2.45, 2.75) is 43.6 Å². The second-order valence-corrected chi connectivity index (χ2v) is 11.8. The predicted molar refractivity (Wildman–Crippen MR) is 138 cm³/mol. The van der Waals surface area contributed by atoms with Crippen LogP contribution in [0.1, 0.15) is 50.2 Å². The molecule has 1 aliphatic heterocycles. The zero-order chi connectivity index (χ0) is 26.2. The zero-order valence-corrected chi connectivity index (χ0v) is 22.1. The third-order valence-electron chi connectivity index (χ3n) is 6.45. The fourth-order valence-electron chi connectivity index (χ4n) is 4.65. The number of hydrogen-bond donors (Lipinski definition) is 3. The number of halogens is 1. The van der Waals surface area contributed by atoms with Crippen molar-refractivity contribution in [3.63, 3.8) is 0 Å². The maximum Gasteiger partial charge on any atom is 0.335 e. The maximum atomic E-state index is 13.5. The number of rotatable bonds is 8. The summed E-state index contributed by atoms with van der Waals surface area (Å²) >= 11 is 7.73. The second-order valence-electron chi connectivity index (χ2n) is 8.80. The van der Waals surface area contributed by atoms with Gasteiger partial charge in [0, 0.05) is 29.2 Å². The minimum absolute atomic E-state index is 0.212. The number of fused-ring (bicyclic) bond motifs is 1. The van der Waals surface area contributed by atoms with Gasteiger partial charge in [0.25, 0.3) is 0 Å². The van der Waals surface area contributed by atoms with E-state index in [1.165, 1.54) is 30.9 Å². The molecule has 0 spiro atoms. The molecular weight excluding hydrogens is 540 g/mol. The molecule has 3 N–H and O–H groups in total. The SMILES string of the molecule is CNS(=O)(=O)O[C@@H]1C[C@H](Nc2ncncc2C(=O)c2ccc([C@H]3OCCc4c(Cl)cccc43)s2)C[C@@H]1O. The number of ketones is 1. The lowest BCUT2D eigenvalue weighted by Gasteiger charge is -2.26.